The highest BCUT2D eigenvalue weighted by atomic mass is 32.1. The van der Waals surface area contributed by atoms with Gasteiger partial charge in [0.25, 0.3) is 0 Å². The largest absolute Gasteiger partial charge is 0.392 e. The molecule has 0 bridgehead atoms. The predicted octanol–water partition coefficient (Wildman–Crippen LogP) is 2.73. The van der Waals surface area contributed by atoms with Crippen LogP contribution in [0.2, 0.25) is 0 Å². The third kappa shape index (κ3) is 3.44. The lowest BCUT2D eigenvalue weighted by molar-refractivity contribution is -0.138. The monoisotopic (exact) mass is 270 g/mol. The van der Waals surface area contributed by atoms with Crippen molar-refractivity contribution in [1.29, 1.82) is 0 Å². The normalized spacial score (nSPS) is 19.3. The van der Waals surface area contributed by atoms with E-state index >= 15 is 0 Å². The lowest BCUT2D eigenvalue weighted by atomic mass is 9.78. The number of amides is 1. The molecule has 3 nitrogen and oxygen atoms in total. The van der Waals surface area contributed by atoms with Gasteiger partial charge in [0.15, 0.2) is 0 Å². The summed E-state index contributed by atoms with van der Waals surface area (Å²) in [5.74, 6) is 0.596. The Bertz CT molecular complexity index is 307. The fourth-order valence-corrected chi connectivity index (χ4v) is 3.19. The van der Waals surface area contributed by atoms with E-state index in [4.69, 9.17) is 18.0 Å². The first kappa shape index (κ1) is 15.4. The number of hydrogen-bond donors (Lipinski definition) is 1. The van der Waals surface area contributed by atoms with Gasteiger partial charge in [0.1, 0.15) is 0 Å². The zero-order valence-corrected chi connectivity index (χ0v) is 12.7. The molecular formula is C14H26N2OS. The van der Waals surface area contributed by atoms with Gasteiger partial charge >= 0.3 is 0 Å². The second-order valence-electron chi connectivity index (χ2n) is 5.94. The molecule has 0 heterocycles. The van der Waals surface area contributed by atoms with E-state index in [1.165, 1.54) is 12.8 Å². The maximum absolute atomic E-state index is 12.7. The van der Waals surface area contributed by atoms with E-state index in [2.05, 4.69) is 13.8 Å². The number of nitrogens with zero attached hydrogens (tertiary/aromatic N) is 1. The van der Waals surface area contributed by atoms with Crippen molar-refractivity contribution in [3.8, 4) is 0 Å². The lowest BCUT2D eigenvalue weighted by Crippen LogP contribution is -2.50. The van der Waals surface area contributed by atoms with E-state index in [1.54, 1.807) is 0 Å². The van der Waals surface area contributed by atoms with Crippen LogP contribution < -0.4 is 5.73 Å². The zero-order valence-electron chi connectivity index (χ0n) is 11.9. The van der Waals surface area contributed by atoms with Gasteiger partial charge in [-0.15, -0.1) is 0 Å². The maximum Gasteiger partial charge on any atom is 0.235 e. The minimum atomic E-state index is -0.574. The summed E-state index contributed by atoms with van der Waals surface area (Å²) in [5, 5.41) is 0. The molecule has 0 aliphatic heterocycles. The van der Waals surface area contributed by atoms with Gasteiger partial charge in [-0.2, -0.15) is 0 Å². The van der Waals surface area contributed by atoms with Crippen molar-refractivity contribution in [3.63, 3.8) is 0 Å². The molecule has 1 aliphatic carbocycles. The molecule has 1 aliphatic rings. The summed E-state index contributed by atoms with van der Waals surface area (Å²) in [6.07, 6.45) is 6.13. The van der Waals surface area contributed by atoms with Gasteiger partial charge in [-0.3, -0.25) is 4.79 Å². The minimum Gasteiger partial charge on any atom is -0.392 e. The SMILES string of the molecule is CC(C)CN(C)C(=O)C1(C(N)=S)CCCCCC1. The standard InChI is InChI=1S/C14H26N2OS/c1-11(2)10-16(3)13(17)14(12(15)18)8-6-4-5-7-9-14/h11H,4-10H2,1-3H3,(H2,15,18). The molecule has 1 amide bonds. The summed E-state index contributed by atoms with van der Waals surface area (Å²) >= 11 is 5.23. The van der Waals surface area contributed by atoms with Crippen molar-refractivity contribution in [3.05, 3.63) is 0 Å². The Hall–Kier alpha value is -0.640. The van der Waals surface area contributed by atoms with E-state index in [1.807, 2.05) is 11.9 Å². The van der Waals surface area contributed by atoms with Crippen molar-refractivity contribution < 1.29 is 4.79 Å². The Labute approximate surface area is 116 Å². The van der Waals surface area contributed by atoms with Crippen molar-refractivity contribution >= 4 is 23.1 Å². The van der Waals surface area contributed by atoms with Gasteiger partial charge < -0.3 is 10.6 Å². The molecule has 4 heteroatoms. The van der Waals surface area contributed by atoms with Crippen molar-refractivity contribution in [2.24, 2.45) is 17.1 Å². The van der Waals surface area contributed by atoms with E-state index in [-0.39, 0.29) is 5.91 Å². The fourth-order valence-electron chi connectivity index (χ4n) is 2.89. The van der Waals surface area contributed by atoms with E-state index < -0.39 is 5.41 Å². The molecule has 0 atom stereocenters. The molecular weight excluding hydrogens is 244 g/mol. The van der Waals surface area contributed by atoms with Crippen LogP contribution in [0.15, 0.2) is 0 Å². The van der Waals surface area contributed by atoms with Gasteiger partial charge in [-0.05, 0) is 18.8 Å². The summed E-state index contributed by atoms with van der Waals surface area (Å²) in [4.78, 5) is 14.9. The second kappa shape index (κ2) is 6.50. The molecule has 1 fully saturated rings. The summed E-state index contributed by atoms with van der Waals surface area (Å²) in [6.45, 7) is 5.00. The van der Waals surface area contributed by atoms with Crippen molar-refractivity contribution in [2.45, 2.75) is 52.4 Å². The average molecular weight is 270 g/mol. The topological polar surface area (TPSA) is 46.3 Å². The summed E-state index contributed by atoms with van der Waals surface area (Å²) in [5.41, 5.74) is 5.35. The quantitative estimate of drug-likeness (QED) is 0.631. The third-order valence-corrected chi connectivity index (χ3v) is 4.21. The molecule has 0 unspecified atom stereocenters. The Morgan fingerprint density at radius 3 is 2.17 bits per heavy atom. The van der Waals surface area contributed by atoms with Gasteiger partial charge in [0, 0.05) is 13.6 Å². The highest BCUT2D eigenvalue weighted by Gasteiger charge is 2.43. The van der Waals surface area contributed by atoms with Crippen LogP contribution in [0.4, 0.5) is 0 Å². The van der Waals surface area contributed by atoms with Gasteiger partial charge in [-0.25, -0.2) is 0 Å². The van der Waals surface area contributed by atoms with Crippen LogP contribution >= 0.6 is 12.2 Å². The first-order chi connectivity index (χ1) is 8.40. The molecule has 18 heavy (non-hydrogen) atoms. The number of carbonyl (C=O) groups is 1. The van der Waals surface area contributed by atoms with Crippen LogP contribution in [-0.2, 0) is 4.79 Å². The summed E-state index contributed by atoms with van der Waals surface area (Å²) < 4.78 is 0. The Balaban J connectivity index is 2.89. The Kier molecular flexibility index (Phi) is 5.57. The molecule has 0 aromatic rings. The van der Waals surface area contributed by atoms with Gasteiger partial charge in [-0.1, -0.05) is 51.7 Å². The summed E-state index contributed by atoms with van der Waals surface area (Å²) in [7, 11) is 1.87. The van der Waals surface area contributed by atoms with Crippen LogP contribution in [0.3, 0.4) is 0 Å². The maximum atomic E-state index is 12.7. The highest BCUT2D eigenvalue weighted by molar-refractivity contribution is 7.80. The molecule has 1 rings (SSSR count). The first-order valence-electron chi connectivity index (χ1n) is 6.95. The molecule has 104 valence electrons. The number of hydrogen-bond acceptors (Lipinski definition) is 2. The number of rotatable bonds is 4. The zero-order chi connectivity index (χ0) is 13.8. The number of nitrogens with two attached hydrogens (primary N) is 1. The van der Waals surface area contributed by atoms with Crippen LogP contribution in [0, 0.1) is 11.3 Å². The minimum absolute atomic E-state index is 0.130. The average Bonchev–Trinajstić information content (AvgIpc) is 2.53. The number of carbonyl (C=O) groups excluding carboxylic acids is 1. The number of thiocarbonyl (C=S) groups is 1. The van der Waals surface area contributed by atoms with Crippen molar-refractivity contribution in [1.82, 2.24) is 4.90 Å². The van der Waals surface area contributed by atoms with Crippen LogP contribution in [0.1, 0.15) is 52.4 Å². The Morgan fingerprint density at radius 1 is 1.28 bits per heavy atom. The van der Waals surface area contributed by atoms with Crippen LogP contribution in [0.5, 0.6) is 0 Å². The molecule has 2 N–H and O–H groups in total. The first-order valence-corrected chi connectivity index (χ1v) is 7.36. The molecule has 0 radical (unpaired) electrons. The third-order valence-electron chi connectivity index (χ3n) is 3.82. The predicted molar refractivity (Wildman–Crippen MR) is 79.4 cm³/mol. The highest BCUT2D eigenvalue weighted by Crippen LogP contribution is 2.37. The molecule has 0 aromatic carbocycles. The van der Waals surface area contributed by atoms with E-state index in [0.29, 0.717) is 10.9 Å². The molecule has 0 aromatic heterocycles. The smallest absolute Gasteiger partial charge is 0.235 e. The van der Waals surface area contributed by atoms with Crippen LogP contribution in [0.25, 0.3) is 0 Å². The van der Waals surface area contributed by atoms with E-state index in [0.717, 1.165) is 32.2 Å². The molecule has 0 saturated heterocycles. The Morgan fingerprint density at radius 2 is 1.78 bits per heavy atom. The summed E-state index contributed by atoms with van der Waals surface area (Å²) in [6, 6.07) is 0. The van der Waals surface area contributed by atoms with E-state index in [9.17, 15) is 4.79 Å². The molecule has 0 spiro atoms. The van der Waals surface area contributed by atoms with Crippen LogP contribution in [-0.4, -0.2) is 29.4 Å². The second-order valence-corrected chi connectivity index (χ2v) is 6.38. The van der Waals surface area contributed by atoms with Crippen molar-refractivity contribution in [2.75, 3.05) is 13.6 Å². The lowest BCUT2D eigenvalue weighted by Gasteiger charge is -2.35. The van der Waals surface area contributed by atoms with Gasteiger partial charge in [0.2, 0.25) is 5.91 Å². The molecule has 1 saturated carbocycles. The van der Waals surface area contributed by atoms with Gasteiger partial charge in [0.05, 0.1) is 10.4 Å². The fraction of sp³-hybridized carbons (Fsp3) is 0.857.